The van der Waals surface area contributed by atoms with Crippen LogP contribution >= 0.6 is 0 Å². The van der Waals surface area contributed by atoms with Crippen molar-refractivity contribution in [2.45, 2.75) is 6.92 Å². The molecule has 0 fully saturated rings. The number of pyridine rings is 1. The Morgan fingerprint density at radius 2 is 2.00 bits per heavy atom. The van der Waals surface area contributed by atoms with Gasteiger partial charge in [-0.15, -0.1) is 0 Å². The van der Waals surface area contributed by atoms with Crippen LogP contribution in [0.25, 0.3) is 17.0 Å². The molecule has 0 amide bonds. The molecule has 0 spiro atoms. The van der Waals surface area contributed by atoms with Gasteiger partial charge in [-0.25, -0.2) is 4.98 Å². The SMILES string of the molecule is Cc1cc(-c2ccncc2)n2ncnc2n1. The quantitative estimate of drug-likeness (QED) is 0.612. The third kappa shape index (κ3) is 1.33. The van der Waals surface area contributed by atoms with Crippen molar-refractivity contribution in [1.82, 2.24) is 24.6 Å². The lowest BCUT2D eigenvalue weighted by Gasteiger charge is -2.04. The Kier molecular flexibility index (Phi) is 1.89. The molecule has 0 atom stereocenters. The summed E-state index contributed by atoms with van der Waals surface area (Å²) in [6, 6.07) is 5.86. The minimum Gasteiger partial charge on any atom is -0.265 e. The van der Waals surface area contributed by atoms with E-state index in [1.807, 2.05) is 25.1 Å². The van der Waals surface area contributed by atoms with E-state index in [0.717, 1.165) is 17.0 Å². The van der Waals surface area contributed by atoms with E-state index >= 15 is 0 Å². The van der Waals surface area contributed by atoms with Crippen molar-refractivity contribution in [2.24, 2.45) is 0 Å². The van der Waals surface area contributed by atoms with E-state index < -0.39 is 0 Å². The highest BCUT2D eigenvalue weighted by atomic mass is 15.3. The lowest BCUT2D eigenvalue weighted by molar-refractivity contribution is 0.937. The van der Waals surface area contributed by atoms with E-state index in [-0.39, 0.29) is 0 Å². The molecule has 0 saturated carbocycles. The maximum Gasteiger partial charge on any atom is 0.252 e. The normalized spacial score (nSPS) is 10.8. The van der Waals surface area contributed by atoms with Gasteiger partial charge in [0.2, 0.25) is 0 Å². The van der Waals surface area contributed by atoms with Crippen LogP contribution in [-0.2, 0) is 0 Å². The Labute approximate surface area is 91.8 Å². The van der Waals surface area contributed by atoms with Gasteiger partial charge >= 0.3 is 0 Å². The predicted molar refractivity (Wildman–Crippen MR) is 58.8 cm³/mol. The lowest BCUT2D eigenvalue weighted by atomic mass is 10.2. The van der Waals surface area contributed by atoms with Crippen LogP contribution in [0.3, 0.4) is 0 Å². The number of aryl methyl sites for hydroxylation is 1. The van der Waals surface area contributed by atoms with Gasteiger partial charge in [0.05, 0.1) is 5.69 Å². The summed E-state index contributed by atoms with van der Waals surface area (Å²) in [7, 11) is 0. The molecular formula is C11H9N5. The third-order valence-electron chi connectivity index (χ3n) is 2.36. The Morgan fingerprint density at radius 3 is 2.81 bits per heavy atom. The third-order valence-corrected chi connectivity index (χ3v) is 2.36. The molecule has 16 heavy (non-hydrogen) atoms. The fraction of sp³-hybridized carbons (Fsp3) is 0.0909. The van der Waals surface area contributed by atoms with Gasteiger partial charge in [0.15, 0.2) is 0 Å². The maximum absolute atomic E-state index is 4.30. The van der Waals surface area contributed by atoms with Gasteiger partial charge in [0, 0.05) is 23.7 Å². The minimum atomic E-state index is 0.617. The van der Waals surface area contributed by atoms with Crippen LogP contribution in [-0.4, -0.2) is 24.6 Å². The smallest absolute Gasteiger partial charge is 0.252 e. The van der Waals surface area contributed by atoms with Gasteiger partial charge in [0.25, 0.3) is 5.78 Å². The summed E-state index contributed by atoms with van der Waals surface area (Å²) in [5.41, 5.74) is 2.95. The molecule has 0 saturated heterocycles. The van der Waals surface area contributed by atoms with Crippen molar-refractivity contribution in [1.29, 1.82) is 0 Å². The average Bonchev–Trinajstić information content (AvgIpc) is 2.77. The summed E-state index contributed by atoms with van der Waals surface area (Å²) < 4.78 is 1.72. The molecule has 3 aromatic rings. The summed E-state index contributed by atoms with van der Waals surface area (Å²) in [4.78, 5) is 12.4. The lowest BCUT2D eigenvalue weighted by Crippen LogP contribution is -1.98. The van der Waals surface area contributed by atoms with Crippen LogP contribution in [0.15, 0.2) is 36.9 Å². The molecule has 3 aromatic heterocycles. The summed E-state index contributed by atoms with van der Waals surface area (Å²) in [6.07, 6.45) is 5.02. The molecule has 5 nitrogen and oxygen atoms in total. The van der Waals surface area contributed by atoms with Crippen molar-refractivity contribution < 1.29 is 0 Å². The number of aromatic nitrogens is 5. The first-order chi connectivity index (χ1) is 7.84. The highest BCUT2D eigenvalue weighted by molar-refractivity contribution is 5.61. The van der Waals surface area contributed by atoms with Crippen molar-refractivity contribution in [2.75, 3.05) is 0 Å². The monoisotopic (exact) mass is 211 g/mol. The Balaban J connectivity index is 2.34. The van der Waals surface area contributed by atoms with Gasteiger partial charge in [-0.3, -0.25) is 4.98 Å². The van der Waals surface area contributed by atoms with Crippen LogP contribution in [0.2, 0.25) is 0 Å². The molecule has 0 bridgehead atoms. The highest BCUT2D eigenvalue weighted by Gasteiger charge is 2.06. The fourth-order valence-electron chi connectivity index (χ4n) is 1.66. The van der Waals surface area contributed by atoms with Gasteiger partial charge in [-0.2, -0.15) is 14.6 Å². The van der Waals surface area contributed by atoms with E-state index in [4.69, 9.17) is 0 Å². The van der Waals surface area contributed by atoms with E-state index in [2.05, 4.69) is 20.1 Å². The molecule has 78 valence electrons. The molecule has 0 aliphatic rings. The van der Waals surface area contributed by atoms with Crippen LogP contribution in [0.1, 0.15) is 5.69 Å². The summed E-state index contributed by atoms with van der Waals surface area (Å²) in [6.45, 7) is 1.94. The molecule has 3 rings (SSSR count). The number of fused-ring (bicyclic) bond motifs is 1. The summed E-state index contributed by atoms with van der Waals surface area (Å²) >= 11 is 0. The van der Waals surface area contributed by atoms with Crippen LogP contribution in [0, 0.1) is 6.92 Å². The summed E-state index contributed by atoms with van der Waals surface area (Å²) in [5, 5.41) is 4.16. The van der Waals surface area contributed by atoms with Crippen LogP contribution in [0.4, 0.5) is 0 Å². The Hall–Kier alpha value is -2.30. The first-order valence-corrected chi connectivity index (χ1v) is 4.92. The number of nitrogens with zero attached hydrogens (tertiary/aromatic N) is 5. The molecule has 0 aliphatic heterocycles. The number of rotatable bonds is 1. The van der Waals surface area contributed by atoms with Gasteiger partial charge in [-0.05, 0) is 25.1 Å². The standard InChI is InChI=1S/C11H9N5/c1-8-6-10(9-2-4-12-5-3-9)16-11(15-8)13-7-14-16/h2-7H,1H3. The number of hydrogen-bond donors (Lipinski definition) is 0. The minimum absolute atomic E-state index is 0.617. The molecule has 3 heterocycles. The Morgan fingerprint density at radius 1 is 1.19 bits per heavy atom. The topological polar surface area (TPSA) is 56.0 Å². The number of hydrogen-bond acceptors (Lipinski definition) is 4. The van der Waals surface area contributed by atoms with E-state index in [1.165, 1.54) is 6.33 Å². The molecule has 0 unspecified atom stereocenters. The van der Waals surface area contributed by atoms with Crippen molar-refractivity contribution in [3.8, 4) is 11.3 Å². The maximum atomic E-state index is 4.30. The van der Waals surface area contributed by atoms with Crippen molar-refractivity contribution >= 4 is 5.78 Å². The zero-order valence-corrected chi connectivity index (χ0v) is 8.70. The second-order valence-electron chi connectivity index (χ2n) is 3.49. The molecule has 0 radical (unpaired) electrons. The van der Waals surface area contributed by atoms with E-state index in [0.29, 0.717) is 5.78 Å². The molecule has 0 N–H and O–H groups in total. The first kappa shape index (κ1) is 8.96. The van der Waals surface area contributed by atoms with Gasteiger partial charge < -0.3 is 0 Å². The molecule has 5 heteroatoms. The second kappa shape index (κ2) is 3.37. The van der Waals surface area contributed by atoms with Gasteiger partial charge in [-0.1, -0.05) is 0 Å². The van der Waals surface area contributed by atoms with Crippen LogP contribution in [0.5, 0.6) is 0 Å². The van der Waals surface area contributed by atoms with Gasteiger partial charge in [0.1, 0.15) is 6.33 Å². The average molecular weight is 211 g/mol. The zero-order valence-electron chi connectivity index (χ0n) is 8.70. The van der Waals surface area contributed by atoms with Crippen LogP contribution < -0.4 is 0 Å². The van der Waals surface area contributed by atoms with E-state index in [9.17, 15) is 0 Å². The molecule has 0 aliphatic carbocycles. The predicted octanol–water partition coefficient (Wildman–Crippen LogP) is 1.49. The second-order valence-corrected chi connectivity index (χ2v) is 3.49. The molecule has 0 aromatic carbocycles. The zero-order chi connectivity index (χ0) is 11.0. The first-order valence-electron chi connectivity index (χ1n) is 4.92. The Bertz CT molecular complexity index is 629. The highest BCUT2D eigenvalue weighted by Crippen LogP contribution is 2.18. The summed E-state index contributed by atoms with van der Waals surface area (Å²) in [5.74, 6) is 0.617. The largest absolute Gasteiger partial charge is 0.265 e. The van der Waals surface area contributed by atoms with E-state index in [1.54, 1.807) is 16.9 Å². The molecular weight excluding hydrogens is 202 g/mol. The van der Waals surface area contributed by atoms with Crippen molar-refractivity contribution in [3.63, 3.8) is 0 Å². The fourth-order valence-corrected chi connectivity index (χ4v) is 1.66. The van der Waals surface area contributed by atoms with Crippen molar-refractivity contribution in [3.05, 3.63) is 42.6 Å².